The van der Waals surface area contributed by atoms with E-state index in [2.05, 4.69) is 9.97 Å². The van der Waals surface area contributed by atoms with E-state index < -0.39 is 0 Å². The zero-order chi connectivity index (χ0) is 14.4. The molecular weight excluding hydrogens is 294 g/mol. The first-order valence-electron chi connectivity index (χ1n) is 6.31. The van der Waals surface area contributed by atoms with E-state index in [0.717, 1.165) is 17.1 Å². The maximum absolute atomic E-state index is 12.1. The van der Waals surface area contributed by atoms with Crippen molar-refractivity contribution in [1.82, 2.24) is 14.9 Å². The Balaban J connectivity index is 1.82. The summed E-state index contributed by atoms with van der Waals surface area (Å²) in [5.74, 6) is 0.470. The normalized spacial score (nSPS) is 10.5. The van der Waals surface area contributed by atoms with E-state index >= 15 is 0 Å². The van der Waals surface area contributed by atoms with Gasteiger partial charge in [0.15, 0.2) is 0 Å². The van der Waals surface area contributed by atoms with Gasteiger partial charge in [0.25, 0.3) is 0 Å². The quantitative estimate of drug-likeness (QED) is 0.770. The lowest BCUT2D eigenvalue weighted by Crippen LogP contribution is -2.30. The van der Waals surface area contributed by atoms with E-state index in [0.29, 0.717) is 18.8 Å². The van der Waals surface area contributed by atoms with Crippen molar-refractivity contribution in [2.45, 2.75) is 18.7 Å². The number of amides is 1. The summed E-state index contributed by atoms with van der Waals surface area (Å²) < 4.78 is 0. The maximum atomic E-state index is 12.1. The molecule has 0 unspecified atom stereocenters. The SMILES string of the molecule is CN(CCc1ccncc1)C(=O)Cc1nc(CCl)cs1. The Hall–Kier alpha value is -1.46. The van der Waals surface area contributed by atoms with Crippen LogP contribution < -0.4 is 0 Å². The number of halogens is 1. The molecule has 2 aromatic heterocycles. The molecule has 0 spiro atoms. The van der Waals surface area contributed by atoms with Gasteiger partial charge in [-0.15, -0.1) is 22.9 Å². The molecule has 0 radical (unpaired) electrons. The second-order valence-corrected chi connectivity index (χ2v) is 5.67. The van der Waals surface area contributed by atoms with Gasteiger partial charge < -0.3 is 4.90 Å². The van der Waals surface area contributed by atoms with Crippen LogP contribution in [0.25, 0.3) is 0 Å². The molecule has 2 aromatic rings. The fourth-order valence-electron chi connectivity index (χ4n) is 1.73. The summed E-state index contributed by atoms with van der Waals surface area (Å²) in [5, 5.41) is 2.72. The van der Waals surface area contributed by atoms with E-state index in [1.807, 2.05) is 24.6 Å². The number of alkyl halides is 1. The van der Waals surface area contributed by atoms with Gasteiger partial charge in [-0.1, -0.05) is 0 Å². The Morgan fingerprint density at radius 2 is 2.15 bits per heavy atom. The van der Waals surface area contributed by atoms with Crippen LogP contribution in [-0.4, -0.2) is 34.4 Å². The van der Waals surface area contributed by atoms with Crippen LogP contribution in [0.1, 0.15) is 16.3 Å². The number of aromatic nitrogens is 2. The highest BCUT2D eigenvalue weighted by atomic mass is 35.5. The first-order chi connectivity index (χ1) is 9.69. The lowest BCUT2D eigenvalue weighted by molar-refractivity contribution is -0.129. The second-order valence-electron chi connectivity index (χ2n) is 4.46. The number of carbonyl (C=O) groups is 1. The lowest BCUT2D eigenvalue weighted by Gasteiger charge is -2.16. The van der Waals surface area contributed by atoms with E-state index in [9.17, 15) is 4.79 Å². The number of hydrogen-bond donors (Lipinski definition) is 0. The number of carbonyl (C=O) groups excluding carboxylic acids is 1. The van der Waals surface area contributed by atoms with Crippen LogP contribution in [0.2, 0.25) is 0 Å². The van der Waals surface area contributed by atoms with Crippen LogP contribution in [0.15, 0.2) is 29.9 Å². The van der Waals surface area contributed by atoms with E-state index in [1.165, 1.54) is 16.9 Å². The summed E-state index contributed by atoms with van der Waals surface area (Å²) in [6, 6.07) is 3.93. The zero-order valence-electron chi connectivity index (χ0n) is 11.3. The number of pyridine rings is 1. The molecule has 0 saturated heterocycles. The molecule has 0 aliphatic rings. The number of nitrogens with zero attached hydrogens (tertiary/aromatic N) is 3. The summed E-state index contributed by atoms with van der Waals surface area (Å²) in [4.78, 5) is 22.1. The molecule has 2 heterocycles. The highest BCUT2D eigenvalue weighted by Crippen LogP contribution is 2.13. The Bertz CT molecular complexity index is 559. The number of thiazole rings is 1. The van der Waals surface area contributed by atoms with Crippen molar-refractivity contribution in [2.24, 2.45) is 0 Å². The van der Waals surface area contributed by atoms with Crippen LogP contribution >= 0.6 is 22.9 Å². The Morgan fingerprint density at radius 3 is 2.80 bits per heavy atom. The monoisotopic (exact) mass is 309 g/mol. The van der Waals surface area contributed by atoms with E-state index in [1.54, 1.807) is 17.3 Å². The Labute approximate surface area is 127 Å². The molecule has 0 fully saturated rings. The molecule has 0 bridgehead atoms. The third-order valence-corrected chi connectivity index (χ3v) is 4.12. The van der Waals surface area contributed by atoms with Gasteiger partial charge in [-0.05, 0) is 24.1 Å². The number of rotatable bonds is 6. The van der Waals surface area contributed by atoms with Crippen molar-refractivity contribution in [3.63, 3.8) is 0 Å². The third kappa shape index (κ3) is 4.28. The number of hydrogen-bond acceptors (Lipinski definition) is 4. The smallest absolute Gasteiger partial charge is 0.229 e. The van der Waals surface area contributed by atoms with Crippen molar-refractivity contribution in [3.8, 4) is 0 Å². The lowest BCUT2D eigenvalue weighted by atomic mass is 10.2. The minimum atomic E-state index is 0.0783. The minimum absolute atomic E-state index is 0.0783. The first-order valence-corrected chi connectivity index (χ1v) is 7.72. The molecule has 0 atom stereocenters. The fraction of sp³-hybridized carbons (Fsp3) is 0.357. The molecule has 0 aromatic carbocycles. The largest absolute Gasteiger partial charge is 0.345 e. The highest BCUT2D eigenvalue weighted by molar-refractivity contribution is 7.09. The van der Waals surface area contributed by atoms with Crippen molar-refractivity contribution in [3.05, 3.63) is 46.2 Å². The maximum Gasteiger partial charge on any atom is 0.229 e. The van der Waals surface area contributed by atoms with Crippen molar-refractivity contribution in [1.29, 1.82) is 0 Å². The molecular formula is C14H16ClN3OS. The van der Waals surface area contributed by atoms with Crippen molar-refractivity contribution in [2.75, 3.05) is 13.6 Å². The Kier molecular flexibility index (Phi) is 5.49. The molecule has 1 amide bonds. The predicted octanol–water partition coefficient (Wildman–Crippen LogP) is 2.52. The Morgan fingerprint density at radius 1 is 1.40 bits per heavy atom. The van der Waals surface area contributed by atoms with E-state index in [-0.39, 0.29) is 5.91 Å². The van der Waals surface area contributed by atoms with Gasteiger partial charge >= 0.3 is 0 Å². The van der Waals surface area contributed by atoms with Crippen molar-refractivity contribution < 1.29 is 4.79 Å². The van der Waals surface area contributed by atoms with Crippen LogP contribution in [-0.2, 0) is 23.5 Å². The predicted molar refractivity (Wildman–Crippen MR) is 81.0 cm³/mol. The minimum Gasteiger partial charge on any atom is -0.345 e. The molecule has 0 N–H and O–H groups in total. The van der Waals surface area contributed by atoms with Gasteiger partial charge in [-0.3, -0.25) is 9.78 Å². The molecule has 2 rings (SSSR count). The topological polar surface area (TPSA) is 46.1 Å². The highest BCUT2D eigenvalue weighted by Gasteiger charge is 2.12. The van der Waals surface area contributed by atoms with Gasteiger partial charge in [0.2, 0.25) is 5.91 Å². The molecule has 20 heavy (non-hydrogen) atoms. The third-order valence-electron chi connectivity index (χ3n) is 2.95. The summed E-state index contributed by atoms with van der Waals surface area (Å²) in [5.41, 5.74) is 2.01. The second kappa shape index (κ2) is 7.36. The van der Waals surface area contributed by atoms with Crippen LogP contribution in [0.3, 0.4) is 0 Å². The molecule has 0 aliphatic heterocycles. The van der Waals surface area contributed by atoms with E-state index in [4.69, 9.17) is 11.6 Å². The molecule has 106 valence electrons. The van der Waals surface area contributed by atoms with Gasteiger partial charge in [-0.2, -0.15) is 0 Å². The first kappa shape index (κ1) is 14.9. The van der Waals surface area contributed by atoms with Gasteiger partial charge in [0.05, 0.1) is 18.0 Å². The number of likely N-dealkylation sites (N-methyl/N-ethyl adjacent to an activating group) is 1. The zero-order valence-corrected chi connectivity index (χ0v) is 12.8. The summed E-state index contributed by atoms with van der Waals surface area (Å²) in [6.07, 6.45) is 4.70. The fourth-order valence-corrected chi connectivity index (χ4v) is 2.74. The van der Waals surface area contributed by atoms with Crippen molar-refractivity contribution >= 4 is 28.8 Å². The van der Waals surface area contributed by atoms with Gasteiger partial charge in [0.1, 0.15) is 5.01 Å². The molecule has 0 aliphatic carbocycles. The summed E-state index contributed by atoms with van der Waals surface area (Å²) in [6.45, 7) is 0.691. The van der Waals surface area contributed by atoms with Gasteiger partial charge in [0, 0.05) is 31.4 Å². The van der Waals surface area contributed by atoms with Gasteiger partial charge in [-0.25, -0.2) is 4.98 Å². The molecule has 4 nitrogen and oxygen atoms in total. The van der Waals surface area contributed by atoms with Crippen LogP contribution in [0.5, 0.6) is 0 Å². The average molecular weight is 310 g/mol. The van der Waals surface area contributed by atoms with Crippen LogP contribution in [0, 0.1) is 0 Å². The standard InChI is InChI=1S/C14H16ClN3OS/c1-18(7-4-11-2-5-16-6-3-11)14(19)8-13-17-12(9-15)10-20-13/h2-3,5-6,10H,4,7-9H2,1H3. The van der Waals surface area contributed by atoms with Crippen LogP contribution in [0.4, 0.5) is 0 Å². The summed E-state index contributed by atoms with van der Waals surface area (Å²) in [7, 11) is 1.82. The molecule has 6 heteroatoms. The molecule has 0 saturated carbocycles. The summed E-state index contributed by atoms with van der Waals surface area (Å²) >= 11 is 7.18. The average Bonchev–Trinajstić information content (AvgIpc) is 2.93.